The summed E-state index contributed by atoms with van der Waals surface area (Å²) in [5.74, 6) is 0.919. The first-order valence-electron chi connectivity index (χ1n) is 4.71. The zero-order valence-corrected chi connectivity index (χ0v) is 8.29. The lowest BCUT2D eigenvalue weighted by molar-refractivity contribution is 0.158. The Bertz CT molecular complexity index is 235. The minimum atomic E-state index is 0.729. The molecule has 0 atom stereocenters. The molecule has 1 aromatic rings. The van der Waals surface area contributed by atoms with Crippen LogP contribution in [-0.4, -0.2) is 29.3 Å². The highest BCUT2D eigenvalue weighted by Crippen LogP contribution is 2.02. The zero-order chi connectivity index (χ0) is 9.52. The first kappa shape index (κ1) is 10.1. The molecule has 0 unspecified atom stereocenters. The summed E-state index contributed by atoms with van der Waals surface area (Å²) in [5, 5.41) is 3.21. The maximum atomic E-state index is 5.21. The molecule has 0 radical (unpaired) electrons. The average molecular weight is 183 g/mol. The highest BCUT2D eigenvalue weighted by atomic mass is 16.5. The van der Waals surface area contributed by atoms with E-state index in [0.717, 1.165) is 32.3 Å². The van der Waals surface area contributed by atoms with Crippen molar-refractivity contribution in [3.05, 3.63) is 12.4 Å². The molecule has 0 saturated heterocycles. The molecule has 0 saturated carbocycles. The molecule has 74 valence electrons. The van der Waals surface area contributed by atoms with Gasteiger partial charge in [0.25, 0.3) is 0 Å². The molecule has 13 heavy (non-hydrogen) atoms. The van der Waals surface area contributed by atoms with Gasteiger partial charge in [0.15, 0.2) is 0 Å². The van der Waals surface area contributed by atoms with Crippen molar-refractivity contribution in [1.29, 1.82) is 0 Å². The fourth-order valence-corrected chi connectivity index (χ4v) is 1.11. The summed E-state index contributed by atoms with van der Waals surface area (Å²) in [6.07, 6.45) is 3.76. The molecule has 0 amide bonds. The van der Waals surface area contributed by atoms with Crippen LogP contribution < -0.4 is 5.32 Å². The lowest BCUT2D eigenvalue weighted by atomic mass is 10.6. The minimum absolute atomic E-state index is 0.729. The number of hydrogen-bond donors (Lipinski definition) is 1. The molecule has 0 aliphatic carbocycles. The van der Waals surface area contributed by atoms with Gasteiger partial charge in [-0.15, -0.1) is 0 Å². The van der Waals surface area contributed by atoms with Crippen molar-refractivity contribution in [3.8, 4) is 0 Å². The predicted octanol–water partition coefficient (Wildman–Crippen LogP) is 1.35. The maximum absolute atomic E-state index is 5.21. The molecule has 0 spiro atoms. The standard InChI is InChI=1S/C9H17N3O/c1-3-12-7-5-10-9(12)11-6-8-13-4-2/h5,7H,3-4,6,8H2,1-2H3,(H,10,11). The fraction of sp³-hybridized carbons (Fsp3) is 0.667. The molecule has 0 bridgehead atoms. The topological polar surface area (TPSA) is 39.1 Å². The van der Waals surface area contributed by atoms with Gasteiger partial charge in [-0.25, -0.2) is 4.98 Å². The van der Waals surface area contributed by atoms with Gasteiger partial charge < -0.3 is 14.6 Å². The van der Waals surface area contributed by atoms with E-state index < -0.39 is 0 Å². The summed E-state index contributed by atoms with van der Waals surface area (Å²) in [5.41, 5.74) is 0. The second kappa shape index (κ2) is 5.59. The van der Waals surface area contributed by atoms with E-state index in [4.69, 9.17) is 4.74 Å². The lowest BCUT2D eigenvalue weighted by Gasteiger charge is -2.07. The van der Waals surface area contributed by atoms with E-state index in [1.165, 1.54) is 0 Å². The van der Waals surface area contributed by atoms with Gasteiger partial charge in [-0.2, -0.15) is 0 Å². The van der Waals surface area contributed by atoms with Crippen LogP contribution in [0.2, 0.25) is 0 Å². The summed E-state index contributed by atoms with van der Waals surface area (Å²) in [6, 6.07) is 0. The van der Waals surface area contributed by atoms with Gasteiger partial charge in [0.1, 0.15) is 0 Å². The fourth-order valence-electron chi connectivity index (χ4n) is 1.11. The summed E-state index contributed by atoms with van der Waals surface area (Å²) >= 11 is 0. The number of imidazole rings is 1. The number of hydrogen-bond acceptors (Lipinski definition) is 3. The van der Waals surface area contributed by atoms with Crippen molar-refractivity contribution in [2.75, 3.05) is 25.1 Å². The Morgan fingerprint density at radius 3 is 3.08 bits per heavy atom. The smallest absolute Gasteiger partial charge is 0.202 e. The molecule has 1 rings (SSSR count). The van der Waals surface area contributed by atoms with Crippen LogP contribution in [0.25, 0.3) is 0 Å². The van der Waals surface area contributed by atoms with E-state index in [1.807, 2.05) is 13.1 Å². The number of nitrogens with one attached hydrogen (secondary N) is 1. The van der Waals surface area contributed by atoms with E-state index in [0.29, 0.717) is 0 Å². The number of ether oxygens (including phenoxy) is 1. The van der Waals surface area contributed by atoms with Crippen molar-refractivity contribution < 1.29 is 4.74 Å². The number of aromatic nitrogens is 2. The third-order valence-corrected chi connectivity index (χ3v) is 1.79. The first-order chi connectivity index (χ1) is 6.38. The highest BCUT2D eigenvalue weighted by molar-refractivity contribution is 5.25. The van der Waals surface area contributed by atoms with Gasteiger partial charge in [0.05, 0.1) is 6.61 Å². The molecule has 1 aromatic heterocycles. The van der Waals surface area contributed by atoms with Gasteiger partial charge in [0.2, 0.25) is 5.95 Å². The van der Waals surface area contributed by atoms with Crippen molar-refractivity contribution in [2.45, 2.75) is 20.4 Å². The monoisotopic (exact) mass is 183 g/mol. The molecule has 1 heterocycles. The molecular formula is C9H17N3O. The zero-order valence-electron chi connectivity index (χ0n) is 8.29. The van der Waals surface area contributed by atoms with Crippen molar-refractivity contribution in [3.63, 3.8) is 0 Å². The number of aryl methyl sites for hydroxylation is 1. The van der Waals surface area contributed by atoms with Crippen LogP contribution >= 0.6 is 0 Å². The molecule has 0 aromatic carbocycles. The Hall–Kier alpha value is -1.03. The largest absolute Gasteiger partial charge is 0.380 e. The summed E-state index contributed by atoms with van der Waals surface area (Å²) in [7, 11) is 0. The predicted molar refractivity (Wildman–Crippen MR) is 52.9 cm³/mol. The summed E-state index contributed by atoms with van der Waals surface area (Å²) in [4.78, 5) is 4.18. The van der Waals surface area contributed by atoms with Crippen LogP contribution in [0.5, 0.6) is 0 Å². The van der Waals surface area contributed by atoms with Gasteiger partial charge in [-0.3, -0.25) is 0 Å². The van der Waals surface area contributed by atoms with Crippen LogP contribution in [0.15, 0.2) is 12.4 Å². The Balaban J connectivity index is 2.27. The van der Waals surface area contributed by atoms with Crippen LogP contribution in [0.4, 0.5) is 5.95 Å². The molecule has 0 aliphatic heterocycles. The van der Waals surface area contributed by atoms with E-state index in [2.05, 4.69) is 21.8 Å². The second-order valence-electron chi connectivity index (χ2n) is 2.66. The van der Waals surface area contributed by atoms with Crippen molar-refractivity contribution >= 4 is 5.95 Å². The third kappa shape index (κ3) is 3.06. The van der Waals surface area contributed by atoms with Crippen LogP contribution in [0.3, 0.4) is 0 Å². The molecule has 4 nitrogen and oxygen atoms in total. The molecule has 0 aliphatic rings. The van der Waals surface area contributed by atoms with Gasteiger partial charge >= 0.3 is 0 Å². The minimum Gasteiger partial charge on any atom is -0.380 e. The second-order valence-corrected chi connectivity index (χ2v) is 2.66. The number of anilines is 1. The number of rotatable bonds is 6. The van der Waals surface area contributed by atoms with Gasteiger partial charge in [0, 0.05) is 32.1 Å². The summed E-state index contributed by atoms with van der Waals surface area (Å²) in [6.45, 7) is 7.33. The van der Waals surface area contributed by atoms with Crippen LogP contribution in [-0.2, 0) is 11.3 Å². The molecule has 4 heteroatoms. The normalized spacial score (nSPS) is 10.3. The Kier molecular flexibility index (Phi) is 4.32. The molecule has 1 N–H and O–H groups in total. The lowest BCUT2D eigenvalue weighted by Crippen LogP contribution is -2.12. The van der Waals surface area contributed by atoms with Crippen molar-refractivity contribution in [2.24, 2.45) is 0 Å². The van der Waals surface area contributed by atoms with Crippen LogP contribution in [0, 0.1) is 0 Å². The Labute approximate surface area is 78.9 Å². The molecule has 0 fully saturated rings. The van der Waals surface area contributed by atoms with E-state index >= 15 is 0 Å². The maximum Gasteiger partial charge on any atom is 0.202 e. The van der Waals surface area contributed by atoms with Crippen molar-refractivity contribution in [1.82, 2.24) is 9.55 Å². The summed E-state index contributed by atoms with van der Waals surface area (Å²) < 4.78 is 7.27. The molecular weight excluding hydrogens is 166 g/mol. The third-order valence-electron chi connectivity index (χ3n) is 1.79. The number of nitrogens with zero attached hydrogens (tertiary/aromatic N) is 2. The van der Waals surface area contributed by atoms with Gasteiger partial charge in [-0.05, 0) is 13.8 Å². The van der Waals surface area contributed by atoms with E-state index in [1.54, 1.807) is 6.20 Å². The quantitative estimate of drug-likeness (QED) is 0.677. The SMILES string of the molecule is CCOCCNc1nccn1CC. The van der Waals surface area contributed by atoms with E-state index in [-0.39, 0.29) is 0 Å². The first-order valence-corrected chi connectivity index (χ1v) is 4.71. The van der Waals surface area contributed by atoms with E-state index in [9.17, 15) is 0 Å². The highest BCUT2D eigenvalue weighted by Gasteiger charge is 1.97. The Morgan fingerprint density at radius 1 is 1.54 bits per heavy atom. The Morgan fingerprint density at radius 2 is 2.38 bits per heavy atom. The van der Waals surface area contributed by atoms with Gasteiger partial charge in [-0.1, -0.05) is 0 Å². The van der Waals surface area contributed by atoms with Crippen LogP contribution in [0.1, 0.15) is 13.8 Å². The average Bonchev–Trinajstić information content (AvgIpc) is 2.60.